The summed E-state index contributed by atoms with van der Waals surface area (Å²) in [6.07, 6.45) is 2.01. The first-order valence-electron chi connectivity index (χ1n) is 7.56. The maximum absolute atomic E-state index is 6.00. The van der Waals surface area contributed by atoms with Crippen LogP contribution in [0.4, 0.5) is 5.82 Å². The van der Waals surface area contributed by atoms with E-state index in [1.807, 2.05) is 0 Å². The van der Waals surface area contributed by atoms with Gasteiger partial charge in [0.05, 0.1) is 23.5 Å². The van der Waals surface area contributed by atoms with Crippen molar-refractivity contribution in [2.75, 3.05) is 18.0 Å². The van der Waals surface area contributed by atoms with Gasteiger partial charge in [0.15, 0.2) is 5.82 Å². The lowest BCUT2D eigenvalue weighted by Gasteiger charge is -2.37. The molecule has 1 saturated heterocycles. The molecule has 2 heterocycles. The summed E-state index contributed by atoms with van der Waals surface area (Å²) in [4.78, 5) is 2.59. The summed E-state index contributed by atoms with van der Waals surface area (Å²) in [6, 6.07) is 0. The minimum absolute atomic E-state index is 0.158. The maximum atomic E-state index is 6.00. The van der Waals surface area contributed by atoms with Crippen LogP contribution in [-0.2, 0) is 17.6 Å². The summed E-state index contributed by atoms with van der Waals surface area (Å²) in [6.45, 7) is 9.87. The van der Waals surface area contributed by atoms with E-state index in [4.69, 9.17) is 22.7 Å². The van der Waals surface area contributed by atoms with Crippen LogP contribution in [0.15, 0.2) is 0 Å². The average molecular weight is 308 g/mol. The largest absolute Gasteiger partial charge is 0.389 e. The van der Waals surface area contributed by atoms with Crippen molar-refractivity contribution in [1.82, 2.24) is 10.2 Å². The van der Waals surface area contributed by atoms with E-state index in [9.17, 15) is 0 Å². The topological polar surface area (TPSA) is 64.3 Å². The first-order chi connectivity index (χ1) is 9.97. The van der Waals surface area contributed by atoms with Gasteiger partial charge in [-0.2, -0.15) is 5.10 Å². The van der Waals surface area contributed by atoms with E-state index in [0.29, 0.717) is 4.99 Å². The molecule has 0 aliphatic carbocycles. The molecule has 6 heteroatoms. The van der Waals surface area contributed by atoms with Crippen LogP contribution in [0.5, 0.6) is 0 Å². The Balaban J connectivity index is 2.50. The molecule has 0 bridgehead atoms. The van der Waals surface area contributed by atoms with Crippen molar-refractivity contribution >= 4 is 23.0 Å². The third kappa shape index (κ3) is 3.32. The van der Waals surface area contributed by atoms with Crippen molar-refractivity contribution in [2.45, 2.75) is 52.7 Å². The fraction of sp³-hybridized carbons (Fsp3) is 0.667. The molecule has 1 aliphatic rings. The zero-order valence-corrected chi connectivity index (χ0v) is 14.0. The number of anilines is 1. The lowest BCUT2D eigenvalue weighted by molar-refractivity contribution is -0.00552. The predicted molar refractivity (Wildman–Crippen MR) is 88.9 cm³/mol. The molecule has 2 atom stereocenters. The van der Waals surface area contributed by atoms with E-state index in [-0.39, 0.29) is 12.2 Å². The number of nitrogens with zero attached hydrogens (tertiary/aromatic N) is 3. The molecule has 0 amide bonds. The fourth-order valence-corrected chi connectivity index (χ4v) is 3.21. The second kappa shape index (κ2) is 6.66. The third-order valence-electron chi connectivity index (χ3n) is 3.79. The van der Waals surface area contributed by atoms with Crippen molar-refractivity contribution in [3.63, 3.8) is 0 Å². The van der Waals surface area contributed by atoms with Crippen LogP contribution in [0.3, 0.4) is 0 Å². The zero-order valence-electron chi connectivity index (χ0n) is 13.2. The highest BCUT2D eigenvalue weighted by molar-refractivity contribution is 7.80. The Morgan fingerprint density at radius 1 is 1.24 bits per heavy atom. The predicted octanol–water partition coefficient (Wildman–Crippen LogP) is 1.85. The van der Waals surface area contributed by atoms with Gasteiger partial charge >= 0.3 is 0 Å². The van der Waals surface area contributed by atoms with E-state index >= 15 is 0 Å². The van der Waals surface area contributed by atoms with Gasteiger partial charge in [0, 0.05) is 13.1 Å². The smallest absolute Gasteiger partial charge is 0.162 e. The monoisotopic (exact) mass is 308 g/mol. The maximum Gasteiger partial charge on any atom is 0.162 e. The second-order valence-electron chi connectivity index (χ2n) is 5.56. The molecule has 0 saturated carbocycles. The Bertz CT molecular complexity index is 525. The van der Waals surface area contributed by atoms with Crippen LogP contribution in [0.2, 0.25) is 0 Å². The highest BCUT2D eigenvalue weighted by atomic mass is 32.1. The molecule has 116 valence electrons. The minimum Gasteiger partial charge on any atom is -0.389 e. The van der Waals surface area contributed by atoms with Crippen molar-refractivity contribution in [2.24, 2.45) is 5.73 Å². The molecular weight excluding hydrogens is 284 g/mol. The van der Waals surface area contributed by atoms with E-state index in [2.05, 4.69) is 42.8 Å². The summed E-state index contributed by atoms with van der Waals surface area (Å²) in [5, 5.41) is 8.81. The number of hydrogen-bond acceptors (Lipinski definition) is 5. The van der Waals surface area contributed by atoms with Crippen LogP contribution < -0.4 is 10.6 Å². The first kappa shape index (κ1) is 16.1. The Morgan fingerprint density at radius 2 is 1.86 bits per heavy atom. The van der Waals surface area contributed by atoms with E-state index in [0.717, 1.165) is 48.6 Å². The lowest BCUT2D eigenvalue weighted by Crippen LogP contribution is -2.46. The van der Waals surface area contributed by atoms with Gasteiger partial charge < -0.3 is 15.4 Å². The number of aromatic nitrogens is 2. The van der Waals surface area contributed by atoms with Gasteiger partial charge in [-0.3, -0.25) is 0 Å². The van der Waals surface area contributed by atoms with Crippen molar-refractivity contribution in [3.05, 3.63) is 16.8 Å². The number of rotatable bonds is 4. The molecule has 21 heavy (non-hydrogen) atoms. The number of aryl methyl sites for hydroxylation is 1. The molecule has 1 aliphatic heterocycles. The first-order valence-corrected chi connectivity index (χ1v) is 7.97. The van der Waals surface area contributed by atoms with Crippen molar-refractivity contribution in [3.8, 4) is 0 Å². The number of thiocarbonyl (C=S) groups is 1. The Morgan fingerprint density at radius 3 is 2.33 bits per heavy atom. The molecule has 0 unspecified atom stereocenters. The van der Waals surface area contributed by atoms with Gasteiger partial charge in [-0.05, 0) is 32.3 Å². The number of nitrogens with two attached hydrogens (primary N) is 1. The average Bonchev–Trinajstić information content (AvgIpc) is 2.44. The molecule has 1 aromatic rings. The number of ether oxygens (including phenoxy) is 1. The molecule has 0 spiro atoms. The van der Waals surface area contributed by atoms with Crippen LogP contribution in [0.1, 0.15) is 44.5 Å². The molecule has 2 N–H and O–H groups in total. The van der Waals surface area contributed by atoms with Crippen LogP contribution in [0.25, 0.3) is 0 Å². The lowest BCUT2D eigenvalue weighted by atomic mass is 10.0. The molecular formula is C15H24N4OS. The van der Waals surface area contributed by atoms with Gasteiger partial charge in [-0.1, -0.05) is 26.1 Å². The Hall–Kier alpha value is -1.27. The Kier molecular flexibility index (Phi) is 5.11. The van der Waals surface area contributed by atoms with Gasteiger partial charge in [-0.25, -0.2) is 0 Å². The summed E-state index contributed by atoms with van der Waals surface area (Å²) in [5.74, 6) is 0.804. The standard InChI is InChI=1S/C15H24N4OS/c1-5-11-12(6-2)17-18-15(13(11)14(16)21)19-7-9(3)20-10(4)8-19/h9-10H,5-8H2,1-4H3,(H2,16,21)/t9-,10+. The Labute approximate surface area is 131 Å². The van der Waals surface area contributed by atoms with Crippen molar-refractivity contribution < 1.29 is 4.74 Å². The second-order valence-corrected chi connectivity index (χ2v) is 6.00. The SMILES string of the molecule is CCc1nnc(N2C[C@@H](C)O[C@@H](C)C2)c(C(N)=S)c1CC. The van der Waals surface area contributed by atoms with E-state index in [1.54, 1.807) is 0 Å². The van der Waals surface area contributed by atoms with E-state index < -0.39 is 0 Å². The van der Waals surface area contributed by atoms with Crippen LogP contribution >= 0.6 is 12.2 Å². The van der Waals surface area contributed by atoms with Gasteiger partial charge in [0.1, 0.15) is 4.99 Å². The fourth-order valence-electron chi connectivity index (χ4n) is 2.99. The van der Waals surface area contributed by atoms with Crippen molar-refractivity contribution in [1.29, 1.82) is 0 Å². The quantitative estimate of drug-likeness (QED) is 0.857. The normalized spacial score (nSPS) is 22.4. The summed E-state index contributed by atoms with van der Waals surface area (Å²) in [7, 11) is 0. The number of hydrogen-bond donors (Lipinski definition) is 1. The van der Waals surface area contributed by atoms with E-state index in [1.165, 1.54) is 0 Å². The van der Waals surface area contributed by atoms with Gasteiger partial charge in [0.2, 0.25) is 0 Å². The molecule has 0 aromatic carbocycles. The van der Waals surface area contributed by atoms with Crippen LogP contribution in [0, 0.1) is 0 Å². The highest BCUT2D eigenvalue weighted by Crippen LogP contribution is 2.26. The van der Waals surface area contributed by atoms with Crippen LogP contribution in [-0.4, -0.2) is 40.5 Å². The molecule has 2 rings (SSSR count). The number of morpholine rings is 1. The van der Waals surface area contributed by atoms with Gasteiger partial charge in [-0.15, -0.1) is 5.10 Å². The summed E-state index contributed by atoms with van der Waals surface area (Å²) < 4.78 is 5.79. The highest BCUT2D eigenvalue weighted by Gasteiger charge is 2.27. The molecule has 1 fully saturated rings. The summed E-state index contributed by atoms with van der Waals surface area (Å²) in [5.41, 5.74) is 9.00. The third-order valence-corrected chi connectivity index (χ3v) is 4.00. The molecule has 5 nitrogen and oxygen atoms in total. The zero-order chi connectivity index (χ0) is 15.6. The summed E-state index contributed by atoms with van der Waals surface area (Å²) >= 11 is 5.29. The molecule has 0 radical (unpaired) electrons. The van der Waals surface area contributed by atoms with Gasteiger partial charge in [0.25, 0.3) is 0 Å². The molecule has 1 aromatic heterocycles. The minimum atomic E-state index is 0.158.